The fourth-order valence-electron chi connectivity index (χ4n) is 5.45. The van der Waals surface area contributed by atoms with Crippen molar-refractivity contribution < 1.29 is 28.5 Å². The summed E-state index contributed by atoms with van der Waals surface area (Å²) in [6.45, 7) is 4.38. The number of carboxylic acids is 1. The molecule has 1 aliphatic heterocycles. The normalized spacial score (nSPS) is 22.5. The smallest absolute Gasteiger partial charge is 0.309 e. The number of benzene rings is 1. The van der Waals surface area contributed by atoms with Crippen LogP contribution in [0.4, 0.5) is 14.5 Å². The van der Waals surface area contributed by atoms with Gasteiger partial charge in [-0.1, -0.05) is 11.6 Å². The zero-order valence-corrected chi connectivity index (χ0v) is 21.5. The van der Waals surface area contributed by atoms with Gasteiger partial charge in [0.25, 0.3) is 0 Å². The van der Waals surface area contributed by atoms with Gasteiger partial charge in [0.05, 0.1) is 38.8 Å². The van der Waals surface area contributed by atoms with E-state index in [2.05, 4.69) is 9.97 Å². The van der Waals surface area contributed by atoms with Gasteiger partial charge < -0.3 is 24.8 Å². The molecule has 3 aromatic rings. The number of aromatic nitrogens is 2. The first-order valence-corrected chi connectivity index (χ1v) is 12.9. The Morgan fingerprint density at radius 3 is 2.41 bits per heavy atom. The monoisotopic (exact) mass is 533 g/mol. The summed E-state index contributed by atoms with van der Waals surface area (Å²) in [4.78, 5) is 20.9. The van der Waals surface area contributed by atoms with Crippen LogP contribution in [-0.2, 0) is 4.79 Å². The average Bonchev–Trinajstić information content (AvgIpc) is 3.44. The number of carbonyl (C=O) groups is 1. The van der Waals surface area contributed by atoms with Gasteiger partial charge in [-0.05, 0) is 70.1 Å². The second kappa shape index (κ2) is 9.76. The Kier molecular flexibility index (Phi) is 6.79. The molecule has 1 aliphatic carbocycles. The van der Waals surface area contributed by atoms with Gasteiger partial charge in [-0.2, -0.15) is 0 Å². The summed E-state index contributed by atoms with van der Waals surface area (Å²) in [7, 11) is 0. The molecule has 0 spiro atoms. The standard InChI is InChI=1S/C27H30ClF2N3O4/c1-27(2,26(35)36)14-3-5-17(6-4-14)37-23-12-22-21(31-23)11-18(28)25(32-22)24-19(29)9-15(10-20(24)30)33-8-7-16(34)13-33/h9-12,14,16-17,31,34H,3-8,13H2,1-2H3,(H,35,36)/t14-,16-,17-/m1/s1. The lowest BCUT2D eigenvalue weighted by Gasteiger charge is -2.36. The second-order valence-corrected chi connectivity index (χ2v) is 11.1. The lowest BCUT2D eigenvalue weighted by atomic mass is 9.70. The van der Waals surface area contributed by atoms with Crippen molar-refractivity contribution in [3.63, 3.8) is 0 Å². The number of halogens is 3. The first-order chi connectivity index (χ1) is 17.5. The number of anilines is 1. The molecule has 2 aromatic heterocycles. The van der Waals surface area contributed by atoms with Crippen LogP contribution in [0.1, 0.15) is 46.0 Å². The van der Waals surface area contributed by atoms with E-state index in [0.29, 0.717) is 42.1 Å². The van der Waals surface area contributed by atoms with Crippen molar-refractivity contribution in [3.8, 4) is 17.1 Å². The summed E-state index contributed by atoms with van der Waals surface area (Å²) in [5.41, 5.74) is 0.319. The van der Waals surface area contributed by atoms with Crippen LogP contribution in [0.15, 0.2) is 24.3 Å². The number of aliphatic hydroxyl groups excluding tert-OH is 1. The number of aliphatic hydroxyl groups is 1. The number of hydrogen-bond donors (Lipinski definition) is 3. The third-order valence-corrected chi connectivity index (χ3v) is 8.15. The molecular weight excluding hydrogens is 504 g/mol. The number of nitrogens with one attached hydrogen (secondary N) is 1. The number of carboxylic acid groups (broad SMARTS) is 1. The summed E-state index contributed by atoms with van der Waals surface area (Å²) in [5, 5.41) is 19.3. The molecule has 0 unspecified atom stereocenters. The van der Waals surface area contributed by atoms with E-state index in [-0.39, 0.29) is 28.3 Å². The highest BCUT2D eigenvalue weighted by molar-refractivity contribution is 6.33. The molecule has 10 heteroatoms. The first kappa shape index (κ1) is 25.7. The largest absolute Gasteiger partial charge is 0.481 e. The number of ether oxygens (including phenoxy) is 1. The van der Waals surface area contributed by atoms with Crippen LogP contribution < -0.4 is 9.64 Å². The molecule has 1 saturated carbocycles. The Morgan fingerprint density at radius 1 is 1.14 bits per heavy atom. The predicted octanol–water partition coefficient (Wildman–Crippen LogP) is 5.78. The molecule has 5 rings (SSSR count). The molecule has 0 radical (unpaired) electrons. The van der Waals surface area contributed by atoms with Crippen molar-refractivity contribution in [1.82, 2.24) is 9.97 Å². The first-order valence-electron chi connectivity index (χ1n) is 12.5. The fraction of sp³-hybridized carbons (Fsp3) is 0.481. The Balaban J connectivity index is 1.35. The van der Waals surface area contributed by atoms with E-state index < -0.39 is 29.1 Å². The zero-order chi connectivity index (χ0) is 26.5. The highest BCUT2D eigenvalue weighted by atomic mass is 35.5. The van der Waals surface area contributed by atoms with Gasteiger partial charge in [0.2, 0.25) is 0 Å². The van der Waals surface area contributed by atoms with Gasteiger partial charge in [-0.15, -0.1) is 0 Å². The van der Waals surface area contributed by atoms with E-state index in [4.69, 9.17) is 16.3 Å². The second-order valence-electron chi connectivity index (χ2n) is 10.7. The minimum absolute atomic E-state index is 0.000802. The number of H-pyrrole nitrogens is 1. The molecule has 0 bridgehead atoms. The van der Waals surface area contributed by atoms with E-state index >= 15 is 8.78 Å². The van der Waals surface area contributed by atoms with Crippen molar-refractivity contribution in [2.24, 2.45) is 11.3 Å². The predicted molar refractivity (Wildman–Crippen MR) is 137 cm³/mol. The molecule has 37 heavy (non-hydrogen) atoms. The minimum atomic E-state index is -0.788. The molecule has 0 amide bonds. The molecule has 3 N–H and O–H groups in total. The molecular formula is C27H30ClF2N3O4. The van der Waals surface area contributed by atoms with Crippen LogP contribution >= 0.6 is 11.6 Å². The van der Waals surface area contributed by atoms with Gasteiger partial charge in [0, 0.05) is 24.8 Å². The zero-order valence-electron chi connectivity index (χ0n) is 20.7. The summed E-state index contributed by atoms with van der Waals surface area (Å²) >= 11 is 6.41. The van der Waals surface area contributed by atoms with Gasteiger partial charge in [-0.25, -0.2) is 13.8 Å². The molecule has 7 nitrogen and oxygen atoms in total. The molecule has 3 heterocycles. The number of fused-ring (bicyclic) bond motifs is 1. The van der Waals surface area contributed by atoms with Crippen LogP contribution in [0, 0.1) is 23.0 Å². The number of rotatable bonds is 6. The highest BCUT2D eigenvalue weighted by Crippen LogP contribution is 2.40. The summed E-state index contributed by atoms with van der Waals surface area (Å²) in [5.74, 6) is -1.79. The average molecular weight is 534 g/mol. The number of pyridine rings is 1. The maximum Gasteiger partial charge on any atom is 0.309 e. The van der Waals surface area contributed by atoms with Crippen LogP contribution in [0.3, 0.4) is 0 Å². The minimum Gasteiger partial charge on any atom is -0.481 e. The van der Waals surface area contributed by atoms with E-state index in [1.165, 1.54) is 12.1 Å². The van der Waals surface area contributed by atoms with Crippen molar-refractivity contribution in [3.05, 3.63) is 40.9 Å². The van der Waals surface area contributed by atoms with Crippen molar-refractivity contribution in [1.29, 1.82) is 0 Å². The lowest BCUT2D eigenvalue weighted by molar-refractivity contribution is -0.151. The number of hydrogen-bond acceptors (Lipinski definition) is 5. The highest BCUT2D eigenvalue weighted by Gasteiger charge is 2.39. The van der Waals surface area contributed by atoms with E-state index in [1.54, 1.807) is 30.9 Å². The lowest BCUT2D eigenvalue weighted by Crippen LogP contribution is -2.37. The van der Waals surface area contributed by atoms with Crippen LogP contribution in [0.5, 0.6) is 5.88 Å². The maximum atomic E-state index is 15.1. The SMILES string of the molecule is CC(C)(C(=O)O)[C@H]1CC[C@H](Oc2cc3nc(-c4c(F)cc(N5CC[C@@H](O)C5)cc4F)c(Cl)cc3[nH]2)CC1. The quantitative estimate of drug-likeness (QED) is 0.371. The van der Waals surface area contributed by atoms with E-state index in [1.807, 2.05) is 0 Å². The van der Waals surface area contributed by atoms with Crippen molar-refractivity contribution >= 4 is 34.3 Å². The molecule has 1 atom stereocenters. The third kappa shape index (κ3) is 4.99. The van der Waals surface area contributed by atoms with Gasteiger partial charge in [-0.3, -0.25) is 4.79 Å². The van der Waals surface area contributed by atoms with Gasteiger partial charge in [0.15, 0.2) is 5.88 Å². The van der Waals surface area contributed by atoms with Gasteiger partial charge in [0.1, 0.15) is 17.7 Å². The third-order valence-electron chi connectivity index (χ3n) is 7.86. The number of aromatic amines is 1. The fourth-order valence-corrected chi connectivity index (χ4v) is 5.69. The maximum absolute atomic E-state index is 15.1. The topological polar surface area (TPSA) is 98.7 Å². The summed E-state index contributed by atoms with van der Waals surface area (Å²) < 4.78 is 36.3. The molecule has 198 valence electrons. The van der Waals surface area contributed by atoms with Crippen molar-refractivity contribution in [2.75, 3.05) is 18.0 Å². The molecule has 2 aliphatic rings. The Hall–Kier alpha value is -2.91. The summed E-state index contributed by atoms with van der Waals surface area (Å²) in [6, 6.07) is 5.73. The van der Waals surface area contributed by atoms with Crippen LogP contribution in [0.2, 0.25) is 5.02 Å². The Bertz CT molecular complexity index is 1310. The molecule has 1 aromatic carbocycles. The Morgan fingerprint density at radius 2 is 1.81 bits per heavy atom. The number of aliphatic carboxylic acids is 1. The van der Waals surface area contributed by atoms with Crippen LogP contribution in [0.25, 0.3) is 22.3 Å². The van der Waals surface area contributed by atoms with Crippen LogP contribution in [-0.4, -0.2) is 51.4 Å². The molecule has 2 fully saturated rings. The van der Waals surface area contributed by atoms with E-state index in [9.17, 15) is 15.0 Å². The number of nitrogens with zero attached hydrogens (tertiary/aromatic N) is 2. The molecule has 1 saturated heterocycles. The van der Waals surface area contributed by atoms with Crippen molar-refractivity contribution in [2.45, 2.75) is 58.2 Å². The number of β-amino-alcohol motifs (C(OH)–C–C–N with tert-alkyl or cyclic N) is 1. The van der Waals surface area contributed by atoms with Gasteiger partial charge >= 0.3 is 5.97 Å². The Labute approximate surface area is 218 Å². The van der Waals surface area contributed by atoms with E-state index in [0.717, 1.165) is 25.7 Å². The summed E-state index contributed by atoms with van der Waals surface area (Å²) in [6.07, 6.45) is 2.93.